The predicted molar refractivity (Wildman–Crippen MR) is 91.2 cm³/mol. The highest BCUT2D eigenvalue weighted by Crippen LogP contribution is 2.38. The number of aromatic nitrogens is 3. The van der Waals surface area contributed by atoms with Crippen LogP contribution in [0.2, 0.25) is 0 Å². The second-order valence-corrected chi connectivity index (χ2v) is 6.85. The molecule has 2 aromatic heterocycles. The van der Waals surface area contributed by atoms with Gasteiger partial charge in [0.1, 0.15) is 0 Å². The molecular weight excluding hydrogens is 326 g/mol. The topological polar surface area (TPSA) is 84.2 Å². The Bertz CT molecular complexity index is 870. The minimum atomic E-state index is -0.162. The van der Waals surface area contributed by atoms with Crippen molar-refractivity contribution in [2.45, 2.75) is 25.2 Å². The fourth-order valence-corrected chi connectivity index (χ4v) is 3.10. The van der Waals surface area contributed by atoms with Crippen LogP contribution < -0.4 is 5.32 Å². The standard InChI is InChI=1S/C16H17N5O2S/c1-21(7-6-14-19-15(23-20-14)10-2-3-10)16(22)18-11-4-5-12-13(8-11)24-9-17-12/h4-5,8-10H,2-3,6-7H2,1H3,(H,18,22). The normalized spacial score (nSPS) is 14.0. The summed E-state index contributed by atoms with van der Waals surface area (Å²) >= 11 is 1.55. The van der Waals surface area contributed by atoms with E-state index >= 15 is 0 Å². The van der Waals surface area contributed by atoms with Crippen LogP contribution in [0.1, 0.15) is 30.5 Å². The molecule has 4 rings (SSSR count). The first-order valence-electron chi connectivity index (χ1n) is 7.87. The molecule has 0 atom stereocenters. The second-order valence-electron chi connectivity index (χ2n) is 5.96. The van der Waals surface area contributed by atoms with Crippen LogP contribution in [0.3, 0.4) is 0 Å². The number of carbonyl (C=O) groups is 1. The van der Waals surface area contributed by atoms with E-state index in [1.165, 1.54) is 0 Å². The van der Waals surface area contributed by atoms with Crippen LogP contribution in [-0.4, -0.2) is 39.6 Å². The maximum absolute atomic E-state index is 12.3. The van der Waals surface area contributed by atoms with Crippen LogP contribution in [0.25, 0.3) is 10.2 Å². The van der Waals surface area contributed by atoms with Crippen molar-refractivity contribution in [3.8, 4) is 0 Å². The molecule has 0 aliphatic heterocycles. The van der Waals surface area contributed by atoms with E-state index in [4.69, 9.17) is 4.52 Å². The molecule has 1 N–H and O–H groups in total. The minimum absolute atomic E-state index is 0.162. The highest BCUT2D eigenvalue weighted by molar-refractivity contribution is 7.16. The van der Waals surface area contributed by atoms with E-state index in [1.807, 2.05) is 18.2 Å². The summed E-state index contributed by atoms with van der Waals surface area (Å²) in [6.45, 7) is 0.526. The second kappa shape index (κ2) is 6.20. The molecule has 2 amide bonds. The number of nitrogens with one attached hydrogen (secondary N) is 1. The van der Waals surface area contributed by atoms with Crippen LogP contribution >= 0.6 is 11.3 Å². The van der Waals surface area contributed by atoms with E-state index < -0.39 is 0 Å². The molecule has 0 unspecified atom stereocenters. The summed E-state index contributed by atoms with van der Waals surface area (Å²) in [7, 11) is 1.75. The molecule has 2 heterocycles. The molecule has 8 heteroatoms. The Kier molecular flexibility index (Phi) is 3.89. The van der Waals surface area contributed by atoms with E-state index in [2.05, 4.69) is 20.4 Å². The number of carbonyl (C=O) groups excluding carboxylic acids is 1. The molecular formula is C16H17N5O2S. The Morgan fingerprint density at radius 1 is 1.46 bits per heavy atom. The smallest absolute Gasteiger partial charge is 0.321 e. The van der Waals surface area contributed by atoms with Crippen LogP contribution in [0.15, 0.2) is 28.2 Å². The van der Waals surface area contributed by atoms with E-state index in [-0.39, 0.29) is 6.03 Å². The number of thiazole rings is 1. The zero-order chi connectivity index (χ0) is 16.5. The maximum Gasteiger partial charge on any atom is 0.321 e. The molecule has 1 aromatic carbocycles. The van der Waals surface area contributed by atoms with Crippen LogP contribution in [0, 0.1) is 0 Å². The minimum Gasteiger partial charge on any atom is -0.339 e. The van der Waals surface area contributed by atoms with Crippen LogP contribution in [0.5, 0.6) is 0 Å². The molecule has 1 aliphatic carbocycles. The average Bonchev–Trinajstić information content (AvgIpc) is 3.15. The summed E-state index contributed by atoms with van der Waals surface area (Å²) in [5, 5.41) is 6.87. The van der Waals surface area contributed by atoms with Gasteiger partial charge in [0.15, 0.2) is 5.82 Å². The zero-order valence-corrected chi connectivity index (χ0v) is 14.0. The van der Waals surface area contributed by atoms with Crippen LogP contribution in [0.4, 0.5) is 10.5 Å². The predicted octanol–water partition coefficient (Wildman–Crippen LogP) is 3.26. The molecule has 0 spiro atoms. The average molecular weight is 343 g/mol. The van der Waals surface area contributed by atoms with Crippen molar-refractivity contribution in [2.24, 2.45) is 0 Å². The van der Waals surface area contributed by atoms with Crippen molar-refractivity contribution in [1.29, 1.82) is 0 Å². The number of rotatable bonds is 5. The zero-order valence-electron chi connectivity index (χ0n) is 13.2. The Morgan fingerprint density at radius 3 is 3.17 bits per heavy atom. The number of nitrogens with zero attached hydrogens (tertiary/aromatic N) is 4. The number of amides is 2. The third kappa shape index (κ3) is 3.23. The van der Waals surface area contributed by atoms with Gasteiger partial charge in [-0.05, 0) is 31.0 Å². The lowest BCUT2D eigenvalue weighted by Crippen LogP contribution is -2.33. The monoisotopic (exact) mass is 343 g/mol. The number of likely N-dealkylation sites (N-methyl/N-ethyl adjacent to an activating group) is 1. The molecule has 1 aliphatic rings. The van der Waals surface area contributed by atoms with Gasteiger partial charge in [0.2, 0.25) is 5.89 Å². The van der Waals surface area contributed by atoms with Crippen molar-refractivity contribution in [3.05, 3.63) is 35.4 Å². The molecule has 1 saturated carbocycles. The van der Waals surface area contributed by atoms with Crippen molar-refractivity contribution < 1.29 is 9.32 Å². The highest BCUT2D eigenvalue weighted by atomic mass is 32.1. The van der Waals surface area contributed by atoms with Gasteiger partial charge < -0.3 is 14.7 Å². The maximum atomic E-state index is 12.3. The Hall–Kier alpha value is -2.48. The first kappa shape index (κ1) is 15.1. The number of hydrogen-bond acceptors (Lipinski definition) is 6. The van der Waals surface area contributed by atoms with Gasteiger partial charge in [-0.1, -0.05) is 5.16 Å². The van der Waals surface area contributed by atoms with Crippen molar-refractivity contribution in [3.63, 3.8) is 0 Å². The highest BCUT2D eigenvalue weighted by Gasteiger charge is 2.29. The Morgan fingerprint density at radius 2 is 2.33 bits per heavy atom. The van der Waals surface area contributed by atoms with E-state index in [0.717, 1.165) is 34.6 Å². The van der Waals surface area contributed by atoms with E-state index in [1.54, 1.807) is 28.8 Å². The van der Waals surface area contributed by atoms with Gasteiger partial charge in [0.25, 0.3) is 0 Å². The Labute approximate surface area is 142 Å². The fraction of sp³-hybridized carbons (Fsp3) is 0.375. The largest absolute Gasteiger partial charge is 0.339 e. The van der Waals surface area contributed by atoms with Crippen molar-refractivity contribution in [1.82, 2.24) is 20.0 Å². The summed E-state index contributed by atoms with van der Waals surface area (Å²) in [6.07, 6.45) is 2.84. The van der Waals surface area contributed by atoms with Gasteiger partial charge in [-0.2, -0.15) is 4.98 Å². The first-order chi connectivity index (χ1) is 11.7. The van der Waals surface area contributed by atoms with E-state index in [0.29, 0.717) is 24.7 Å². The molecule has 0 radical (unpaired) electrons. The molecule has 3 aromatic rings. The summed E-state index contributed by atoms with van der Waals surface area (Å²) in [5.41, 5.74) is 3.50. The molecule has 0 bridgehead atoms. The summed E-state index contributed by atoms with van der Waals surface area (Å²) < 4.78 is 6.28. The van der Waals surface area contributed by atoms with Gasteiger partial charge >= 0.3 is 6.03 Å². The van der Waals surface area contributed by atoms with E-state index in [9.17, 15) is 4.79 Å². The van der Waals surface area contributed by atoms with Gasteiger partial charge in [-0.25, -0.2) is 9.78 Å². The fourth-order valence-electron chi connectivity index (χ4n) is 2.39. The number of anilines is 1. The van der Waals surface area contributed by atoms with Gasteiger partial charge in [-0.3, -0.25) is 0 Å². The SMILES string of the molecule is CN(CCc1noc(C2CC2)n1)C(=O)Nc1ccc2ncsc2c1. The first-order valence-corrected chi connectivity index (χ1v) is 8.75. The number of fused-ring (bicyclic) bond motifs is 1. The molecule has 0 saturated heterocycles. The van der Waals surface area contributed by atoms with Crippen molar-refractivity contribution >= 4 is 33.3 Å². The molecule has 124 valence electrons. The lowest BCUT2D eigenvalue weighted by molar-refractivity contribution is 0.222. The summed E-state index contributed by atoms with van der Waals surface area (Å²) in [6, 6.07) is 5.53. The number of benzene rings is 1. The lowest BCUT2D eigenvalue weighted by atomic mass is 10.3. The van der Waals surface area contributed by atoms with Crippen LogP contribution in [-0.2, 0) is 6.42 Å². The van der Waals surface area contributed by atoms with Crippen molar-refractivity contribution in [2.75, 3.05) is 18.9 Å². The van der Waals surface area contributed by atoms with Gasteiger partial charge in [0.05, 0.1) is 15.7 Å². The summed E-state index contributed by atoms with van der Waals surface area (Å²) in [5.74, 6) is 1.84. The van der Waals surface area contributed by atoms with Gasteiger partial charge in [-0.15, -0.1) is 11.3 Å². The molecule has 1 fully saturated rings. The third-order valence-electron chi connectivity index (χ3n) is 4.01. The molecule has 7 nitrogen and oxygen atoms in total. The number of hydrogen-bond donors (Lipinski definition) is 1. The molecule has 24 heavy (non-hydrogen) atoms. The Balaban J connectivity index is 1.32. The van der Waals surface area contributed by atoms with Gasteiger partial charge in [0, 0.05) is 31.6 Å². The quantitative estimate of drug-likeness (QED) is 0.768. The number of urea groups is 1. The summed E-state index contributed by atoms with van der Waals surface area (Å²) in [4.78, 5) is 22.5. The lowest BCUT2D eigenvalue weighted by Gasteiger charge is -2.17. The third-order valence-corrected chi connectivity index (χ3v) is 4.80.